The van der Waals surface area contributed by atoms with E-state index >= 15 is 0 Å². The lowest BCUT2D eigenvalue weighted by atomic mass is 9.70. The molecule has 1 aliphatic carbocycles. The highest BCUT2D eigenvalue weighted by molar-refractivity contribution is 5.28. The first-order valence-electron chi connectivity index (χ1n) is 8.26. The number of aryl methyl sites for hydroxylation is 1. The Labute approximate surface area is 129 Å². The zero-order valence-corrected chi connectivity index (χ0v) is 14.0. The highest BCUT2D eigenvalue weighted by Gasteiger charge is 2.43. The Bertz CT molecular complexity index is 430. The number of rotatable bonds is 5. The molecule has 1 aromatic carbocycles. The second-order valence-corrected chi connectivity index (χ2v) is 6.88. The number of nitrogens with one attached hydrogen (secondary N) is 1. The van der Waals surface area contributed by atoms with Gasteiger partial charge in [-0.1, -0.05) is 38.1 Å². The molecule has 3 nitrogen and oxygen atoms in total. The molecule has 1 aromatic rings. The van der Waals surface area contributed by atoms with Crippen molar-refractivity contribution in [2.75, 3.05) is 14.1 Å². The minimum atomic E-state index is 0.120. The number of hydrogen-bond donors (Lipinski definition) is 2. The standard InChI is InChI=1S/C18H31N3/c1-5-15-6-8-16(9-7-15)17(20-19)18(21(3)4)12-10-14(2)11-13-18/h6-9,14,17,20H,5,10-13,19H2,1-4H3. The zero-order valence-electron chi connectivity index (χ0n) is 14.0. The Hall–Kier alpha value is -0.900. The van der Waals surface area contributed by atoms with Crippen LogP contribution in [0.4, 0.5) is 0 Å². The molecule has 21 heavy (non-hydrogen) atoms. The lowest BCUT2D eigenvalue weighted by Gasteiger charge is -2.49. The molecule has 118 valence electrons. The molecule has 1 atom stereocenters. The third-order valence-corrected chi connectivity index (χ3v) is 5.46. The molecule has 0 aliphatic heterocycles. The van der Waals surface area contributed by atoms with Crippen molar-refractivity contribution in [2.24, 2.45) is 11.8 Å². The van der Waals surface area contributed by atoms with Crippen LogP contribution in [-0.4, -0.2) is 24.5 Å². The van der Waals surface area contributed by atoms with Gasteiger partial charge in [-0.05, 0) is 63.2 Å². The molecule has 1 fully saturated rings. The first-order chi connectivity index (χ1) is 10.0. The second-order valence-electron chi connectivity index (χ2n) is 6.88. The zero-order chi connectivity index (χ0) is 15.5. The van der Waals surface area contributed by atoms with Gasteiger partial charge < -0.3 is 4.90 Å². The van der Waals surface area contributed by atoms with Gasteiger partial charge in [0.2, 0.25) is 0 Å². The lowest BCUT2D eigenvalue weighted by molar-refractivity contribution is 0.0428. The first-order valence-corrected chi connectivity index (χ1v) is 8.26. The Balaban J connectivity index is 2.31. The normalized spacial score (nSPS) is 27.8. The average molecular weight is 289 g/mol. The van der Waals surface area contributed by atoms with Crippen molar-refractivity contribution in [2.45, 2.75) is 57.5 Å². The van der Waals surface area contributed by atoms with Crippen molar-refractivity contribution in [1.82, 2.24) is 10.3 Å². The Morgan fingerprint density at radius 3 is 2.24 bits per heavy atom. The lowest BCUT2D eigenvalue weighted by Crippen LogP contribution is -2.56. The predicted octanol–water partition coefficient (Wildman–Crippen LogP) is 3.26. The summed E-state index contributed by atoms with van der Waals surface area (Å²) in [5, 5.41) is 0. The van der Waals surface area contributed by atoms with Crippen molar-refractivity contribution in [3.63, 3.8) is 0 Å². The van der Waals surface area contributed by atoms with Crippen molar-refractivity contribution < 1.29 is 0 Å². The van der Waals surface area contributed by atoms with Gasteiger partial charge >= 0.3 is 0 Å². The summed E-state index contributed by atoms with van der Waals surface area (Å²) in [4.78, 5) is 2.39. The third-order valence-electron chi connectivity index (χ3n) is 5.46. The van der Waals surface area contributed by atoms with Crippen LogP contribution in [0.25, 0.3) is 0 Å². The van der Waals surface area contributed by atoms with Gasteiger partial charge in [0.15, 0.2) is 0 Å². The average Bonchev–Trinajstić information content (AvgIpc) is 2.50. The quantitative estimate of drug-likeness (QED) is 0.646. The fraction of sp³-hybridized carbons (Fsp3) is 0.667. The van der Waals surface area contributed by atoms with E-state index in [0.717, 1.165) is 12.3 Å². The smallest absolute Gasteiger partial charge is 0.0643 e. The molecule has 0 amide bonds. The van der Waals surface area contributed by atoms with Crippen molar-refractivity contribution in [3.05, 3.63) is 35.4 Å². The fourth-order valence-electron chi connectivity index (χ4n) is 3.76. The van der Waals surface area contributed by atoms with E-state index in [4.69, 9.17) is 5.84 Å². The van der Waals surface area contributed by atoms with Gasteiger partial charge in [-0.25, -0.2) is 0 Å². The highest BCUT2D eigenvalue weighted by atomic mass is 15.3. The number of benzene rings is 1. The summed E-state index contributed by atoms with van der Waals surface area (Å²) < 4.78 is 0. The SMILES string of the molecule is CCc1ccc(C(NN)C2(N(C)C)CCC(C)CC2)cc1. The van der Waals surface area contributed by atoms with Crippen LogP contribution in [0.3, 0.4) is 0 Å². The van der Waals surface area contributed by atoms with Crippen molar-refractivity contribution in [3.8, 4) is 0 Å². The second kappa shape index (κ2) is 6.91. The molecule has 0 bridgehead atoms. The monoisotopic (exact) mass is 289 g/mol. The van der Waals surface area contributed by atoms with E-state index in [1.807, 2.05) is 0 Å². The predicted molar refractivity (Wildman–Crippen MR) is 89.9 cm³/mol. The minimum absolute atomic E-state index is 0.120. The number of nitrogens with two attached hydrogens (primary N) is 1. The maximum atomic E-state index is 5.99. The van der Waals surface area contributed by atoms with E-state index in [2.05, 4.69) is 62.5 Å². The molecule has 3 heteroatoms. The van der Waals surface area contributed by atoms with Crippen LogP contribution < -0.4 is 11.3 Å². The van der Waals surface area contributed by atoms with E-state index in [0.29, 0.717) is 0 Å². The maximum Gasteiger partial charge on any atom is 0.0643 e. The van der Waals surface area contributed by atoms with Crippen LogP contribution in [0.5, 0.6) is 0 Å². The molecule has 2 rings (SSSR count). The fourth-order valence-corrected chi connectivity index (χ4v) is 3.76. The van der Waals surface area contributed by atoms with Gasteiger partial charge in [0.25, 0.3) is 0 Å². The number of nitrogens with zero attached hydrogens (tertiary/aromatic N) is 1. The van der Waals surface area contributed by atoms with E-state index in [-0.39, 0.29) is 11.6 Å². The molecule has 1 unspecified atom stereocenters. The van der Waals surface area contributed by atoms with Crippen molar-refractivity contribution in [1.29, 1.82) is 0 Å². The minimum Gasteiger partial charge on any atom is -0.302 e. The molecule has 0 aromatic heterocycles. The van der Waals surface area contributed by atoms with Crippen LogP contribution in [0.2, 0.25) is 0 Å². The molecule has 3 N–H and O–H groups in total. The number of hydrazine groups is 1. The van der Waals surface area contributed by atoms with E-state index in [1.165, 1.54) is 36.8 Å². The third kappa shape index (κ3) is 3.31. The van der Waals surface area contributed by atoms with Crippen LogP contribution in [0.15, 0.2) is 24.3 Å². The summed E-state index contributed by atoms with van der Waals surface area (Å²) in [6.45, 7) is 4.55. The molecular weight excluding hydrogens is 258 g/mol. The largest absolute Gasteiger partial charge is 0.302 e. The molecule has 1 aliphatic rings. The van der Waals surface area contributed by atoms with Gasteiger partial charge in [-0.2, -0.15) is 0 Å². The van der Waals surface area contributed by atoms with Crippen LogP contribution >= 0.6 is 0 Å². The van der Waals surface area contributed by atoms with Crippen LogP contribution in [-0.2, 0) is 6.42 Å². The summed E-state index contributed by atoms with van der Waals surface area (Å²) in [6.07, 6.45) is 6.04. The molecule has 0 saturated heterocycles. The number of likely N-dealkylation sites (N-methyl/N-ethyl adjacent to an activating group) is 1. The van der Waals surface area contributed by atoms with Gasteiger partial charge in [0.05, 0.1) is 6.04 Å². The van der Waals surface area contributed by atoms with E-state index in [1.54, 1.807) is 0 Å². The topological polar surface area (TPSA) is 41.3 Å². The summed E-state index contributed by atoms with van der Waals surface area (Å²) in [6, 6.07) is 9.13. The van der Waals surface area contributed by atoms with Crippen LogP contribution in [0.1, 0.15) is 56.7 Å². The molecule has 0 heterocycles. The molecule has 0 spiro atoms. The van der Waals surface area contributed by atoms with Gasteiger partial charge in [0, 0.05) is 5.54 Å². The molecule has 0 radical (unpaired) electrons. The Morgan fingerprint density at radius 2 is 1.81 bits per heavy atom. The van der Waals surface area contributed by atoms with E-state index < -0.39 is 0 Å². The first kappa shape index (κ1) is 16.5. The Morgan fingerprint density at radius 1 is 1.24 bits per heavy atom. The summed E-state index contributed by atoms with van der Waals surface area (Å²) in [5.74, 6) is 6.82. The van der Waals surface area contributed by atoms with Crippen LogP contribution in [0, 0.1) is 5.92 Å². The highest BCUT2D eigenvalue weighted by Crippen LogP contribution is 2.43. The maximum absolute atomic E-state index is 5.99. The molecular formula is C18H31N3. The molecule has 1 saturated carbocycles. The van der Waals surface area contributed by atoms with E-state index in [9.17, 15) is 0 Å². The van der Waals surface area contributed by atoms with Gasteiger partial charge in [0.1, 0.15) is 0 Å². The summed E-state index contributed by atoms with van der Waals surface area (Å²) in [5.41, 5.74) is 5.92. The summed E-state index contributed by atoms with van der Waals surface area (Å²) >= 11 is 0. The van der Waals surface area contributed by atoms with Gasteiger partial charge in [-0.3, -0.25) is 11.3 Å². The Kier molecular flexibility index (Phi) is 5.42. The van der Waals surface area contributed by atoms with Gasteiger partial charge in [-0.15, -0.1) is 0 Å². The van der Waals surface area contributed by atoms with Crippen molar-refractivity contribution >= 4 is 0 Å². The summed E-state index contributed by atoms with van der Waals surface area (Å²) in [7, 11) is 4.39. The number of hydrogen-bond acceptors (Lipinski definition) is 3.